The Balaban J connectivity index is 2.24. The number of hydrogen-bond acceptors (Lipinski definition) is 7. The lowest BCUT2D eigenvalue weighted by Crippen LogP contribution is -2.28. The molecule has 0 aromatic carbocycles. The number of anilines is 1. The molecule has 0 radical (unpaired) electrons. The second kappa shape index (κ2) is 6.13. The van der Waals surface area contributed by atoms with Crippen LogP contribution in [0.4, 0.5) is 5.82 Å². The molecule has 106 valence electrons. The van der Waals surface area contributed by atoms with E-state index in [1.165, 1.54) is 10.8 Å². The predicted molar refractivity (Wildman–Crippen MR) is 72.9 cm³/mol. The molecule has 8 nitrogen and oxygen atoms in total. The number of ether oxygens (including phenoxy) is 1. The predicted octanol–water partition coefficient (Wildman–Crippen LogP) is -0.320. The molecule has 1 aliphatic rings. The van der Waals surface area contributed by atoms with Gasteiger partial charge in [-0.2, -0.15) is 4.98 Å². The second-order valence-electron chi connectivity index (χ2n) is 4.18. The lowest BCUT2D eigenvalue weighted by molar-refractivity contribution is -0.0306. The van der Waals surface area contributed by atoms with Crippen LogP contribution in [0.15, 0.2) is 11.0 Å². The van der Waals surface area contributed by atoms with Gasteiger partial charge in [-0.3, -0.25) is 15.3 Å². The summed E-state index contributed by atoms with van der Waals surface area (Å²) in [6, 6.07) is 0. The number of rotatable bonds is 4. The summed E-state index contributed by atoms with van der Waals surface area (Å²) >= 11 is 1.91. The van der Waals surface area contributed by atoms with Crippen molar-refractivity contribution in [3.05, 3.63) is 20.3 Å². The van der Waals surface area contributed by atoms with E-state index in [9.17, 15) is 9.90 Å². The molecular weight excluding hydrogens is 369 g/mol. The zero-order valence-electron chi connectivity index (χ0n) is 9.86. The van der Waals surface area contributed by atoms with Crippen molar-refractivity contribution in [1.29, 1.82) is 0 Å². The van der Waals surface area contributed by atoms with Gasteiger partial charge in [-0.15, -0.1) is 0 Å². The van der Waals surface area contributed by atoms with Crippen LogP contribution in [0, 0.1) is 3.57 Å². The smallest absolute Gasteiger partial charge is 0.351 e. The van der Waals surface area contributed by atoms with Gasteiger partial charge in [-0.1, -0.05) is 0 Å². The van der Waals surface area contributed by atoms with E-state index in [0.29, 0.717) is 9.99 Å². The highest BCUT2D eigenvalue weighted by atomic mass is 127. The van der Waals surface area contributed by atoms with E-state index in [-0.39, 0.29) is 18.8 Å². The largest absolute Gasteiger partial charge is 0.396 e. The van der Waals surface area contributed by atoms with Gasteiger partial charge in [-0.05, 0) is 29.0 Å². The number of hydrogen-bond donors (Lipinski definition) is 4. The van der Waals surface area contributed by atoms with Gasteiger partial charge in [0.2, 0.25) is 0 Å². The highest BCUT2D eigenvalue weighted by molar-refractivity contribution is 14.1. The third kappa shape index (κ3) is 3.05. The van der Waals surface area contributed by atoms with Gasteiger partial charge >= 0.3 is 5.69 Å². The summed E-state index contributed by atoms with van der Waals surface area (Å²) in [7, 11) is 0. The Labute approximate surface area is 122 Å². The molecule has 0 saturated carbocycles. The Morgan fingerprint density at radius 2 is 2.37 bits per heavy atom. The molecule has 2 rings (SSSR count). The summed E-state index contributed by atoms with van der Waals surface area (Å²) in [5.74, 6) is 0.0762. The zero-order valence-corrected chi connectivity index (χ0v) is 12.0. The van der Waals surface area contributed by atoms with Crippen LogP contribution < -0.4 is 11.2 Å². The van der Waals surface area contributed by atoms with E-state index in [2.05, 4.69) is 4.98 Å². The monoisotopic (exact) mass is 383 g/mol. The fourth-order valence-electron chi connectivity index (χ4n) is 2.00. The number of aromatic nitrogens is 2. The first-order valence-electron chi connectivity index (χ1n) is 5.70. The Bertz CT molecular complexity index is 508. The first-order chi connectivity index (χ1) is 9.06. The number of halogens is 1. The van der Waals surface area contributed by atoms with Crippen molar-refractivity contribution in [2.45, 2.75) is 31.3 Å². The zero-order chi connectivity index (χ0) is 14.0. The molecule has 1 aromatic rings. The highest BCUT2D eigenvalue weighted by Crippen LogP contribution is 2.29. The molecule has 4 N–H and O–H groups in total. The quantitative estimate of drug-likeness (QED) is 0.416. The van der Waals surface area contributed by atoms with E-state index in [4.69, 9.17) is 15.1 Å². The van der Waals surface area contributed by atoms with Crippen LogP contribution in [-0.4, -0.2) is 43.8 Å². The maximum absolute atomic E-state index is 11.8. The van der Waals surface area contributed by atoms with E-state index >= 15 is 0 Å². The third-order valence-electron chi connectivity index (χ3n) is 2.94. The van der Waals surface area contributed by atoms with Crippen LogP contribution in [-0.2, 0) is 4.74 Å². The third-order valence-corrected chi connectivity index (χ3v) is 3.73. The van der Waals surface area contributed by atoms with E-state index in [1.807, 2.05) is 28.1 Å². The molecule has 2 heterocycles. The van der Waals surface area contributed by atoms with Crippen molar-refractivity contribution in [3.63, 3.8) is 0 Å². The van der Waals surface area contributed by atoms with Crippen molar-refractivity contribution < 1.29 is 20.2 Å². The summed E-state index contributed by atoms with van der Waals surface area (Å²) in [5, 5.41) is 27.4. The normalized spacial score (nSPS) is 26.6. The SMILES string of the molecule is O=c1nc(NO)c(I)cn1[C@H]1C[C@H](O)C(CCO)O1. The summed E-state index contributed by atoms with van der Waals surface area (Å²) < 4.78 is 7.35. The molecule has 0 spiro atoms. The van der Waals surface area contributed by atoms with Gasteiger partial charge in [0.05, 0.1) is 15.8 Å². The van der Waals surface area contributed by atoms with Crippen LogP contribution in [0.1, 0.15) is 19.1 Å². The van der Waals surface area contributed by atoms with Crippen molar-refractivity contribution in [2.75, 3.05) is 12.1 Å². The first-order valence-corrected chi connectivity index (χ1v) is 6.78. The van der Waals surface area contributed by atoms with Gasteiger partial charge < -0.3 is 14.9 Å². The van der Waals surface area contributed by atoms with Gasteiger partial charge in [0.25, 0.3) is 0 Å². The number of aliphatic hydroxyl groups excluding tert-OH is 2. The Hall–Kier alpha value is -0.750. The number of nitrogens with one attached hydrogen (secondary N) is 1. The Morgan fingerprint density at radius 3 is 3.00 bits per heavy atom. The summed E-state index contributed by atoms with van der Waals surface area (Å²) in [6.07, 6.45) is 0.231. The van der Waals surface area contributed by atoms with Gasteiger partial charge in [0, 0.05) is 19.2 Å². The first kappa shape index (κ1) is 14.7. The molecule has 1 aliphatic heterocycles. The molecule has 1 fully saturated rings. The van der Waals surface area contributed by atoms with Crippen molar-refractivity contribution in [3.8, 4) is 0 Å². The maximum Gasteiger partial charge on any atom is 0.351 e. The lowest BCUT2D eigenvalue weighted by Gasteiger charge is -2.15. The Kier molecular flexibility index (Phi) is 4.73. The van der Waals surface area contributed by atoms with Crippen molar-refractivity contribution >= 4 is 28.4 Å². The summed E-state index contributed by atoms with van der Waals surface area (Å²) in [6.45, 7) is -0.0908. The average molecular weight is 383 g/mol. The molecule has 0 amide bonds. The molecule has 1 saturated heterocycles. The molecule has 1 unspecified atom stereocenters. The maximum atomic E-state index is 11.8. The standard InChI is InChI=1S/C10H14IN3O5/c11-5-4-14(10(17)12-9(5)13-18)8-3-6(16)7(19-8)1-2-15/h4,6-8,15-16,18H,1-3H2,(H,12,13,17)/t6-,7?,8+/m0/s1. The van der Waals surface area contributed by atoms with Gasteiger partial charge in [0.1, 0.15) is 6.23 Å². The van der Waals surface area contributed by atoms with Crippen LogP contribution in [0.2, 0.25) is 0 Å². The van der Waals surface area contributed by atoms with E-state index in [0.717, 1.165) is 0 Å². The molecule has 19 heavy (non-hydrogen) atoms. The van der Waals surface area contributed by atoms with Crippen LogP contribution in [0.25, 0.3) is 0 Å². The minimum atomic E-state index is -0.725. The average Bonchev–Trinajstić information content (AvgIpc) is 2.73. The second-order valence-corrected chi connectivity index (χ2v) is 5.35. The fourth-order valence-corrected chi connectivity index (χ4v) is 2.54. The lowest BCUT2D eigenvalue weighted by atomic mass is 10.1. The molecule has 9 heteroatoms. The fraction of sp³-hybridized carbons (Fsp3) is 0.600. The summed E-state index contributed by atoms with van der Waals surface area (Å²) in [4.78, 5) is 15.5. The molecule has 3 atom stereocenters. The van der Waals surface area contributed by atoms with Crippen molar-refractivity contribution in [2.24, 2.45) is 0 Å². The van der Waals surface area contributed by atoms with E-state index in [1.54, 1.807) is 0 Å². The summed E-state index contributed by atoms with van der Waals surface area (Å²) in [5.41, 5.74) is 1.25. The number of aliphatic hydroxyl groups is 2. The molecule has 0 bridgehead atoms. The van der Waals surface area contributed by atoms with Gasteiger partial charge in [0.15, 0.2) is 5.82 Å². The van der Waals surface area contributed by atoms with Gasteiger partial charge in [-0.25, -0.2) is 4.79 Å². The molecule has 1 aromatic heterocycles. The van der Waals surface area contributed by atoms with Crippen LogP contribution in [0.3, 0.4) is 0 Å². The topological polar surface area (TPSA) is 117 Å². The molecule has 0 aliphatic carbocycles. The minimum Gasteiger partial charge on any atom is -0.396 e. The Morgan fingerprint density at radius 1 is 1.63 bits per heavy atom. The minimum absolute atomic E-state index is 0.0762. The van der Waals surface area contributed by atoms with E-state index < -0.39 is 24.1 Å². The van der Waals surface area contributed by atoms with Crippen molar-refractivity contribution in [1.82, 2.24) is 9.55 Å². The van der Waals surface area contributed by atoms with Crippen LogP contribution in [0.5, 0.6) is 0 Å². The highest BCUT2D eigenvalue weighted by Gasteiger charge is 2.35. The van der Waals surface area contributed by atoms with Crippen LogP contribution >= 0.6 is 22.6 Å². The number of nitrogens with zero attached hydrogens (tertiary/aromatic N) is 2. The molecular formula is C10H14IN3O5.